The third-order valence-corrected chi connectivity index (χ3v) is 4.85. The van der Waals surface area contributed by atoms with Gasteiger partial charge in [0.25, 0.3) is 0 Å². The minimum Gasteiger partial charge on any atom is -0.508 e. The quantitative estimate of drug-likeness (QED) is 0.216. The zero-order chi connectivity index (χ0) is 23.8. The molecule has 32 heavy (non-hydrogen) atoms. The summed E-state index contributed by atoms with van der Waals surface area (Å²) >= 11 is 0. The average molecular weight is 438 g/mol. The van der Waals surface area contributed by atoms with Gasteiger partial charge in [-0.2, -0.15) is 5.10 Å². The molecule has 3 amide bonds. The van der Waals surface area contributed by atoms with Crippen molar-refractivity contribution in [3.8, 4) is 5.75 Å². The highest BCUT2D eigenvalue weighted by atomic mass is 16.3. The number of aryl methyl sites for hydroxylation is 2. The fourth-order valence-electron chi connectivity index (χ4n) is 2.90. The van der Waals surface area contributed by atoms with E-state index in [4.69, 9.17) is 5.73 Å². The SMILES string of the molecule is Cc1ccc(C)c(NC(=O)CC/C(=N/NC(=O)C(N)=O)C(C)C(=O)c2ccc(O)cc2)c1. The summed E-state index contributed by atoms with van der Waals surface area (Å²) in [4.78, 5) is 47.8. The summed E-state index contributed by atoms with van der Waals surface area (Å²) in [7, 11) is 0. The lowest BCUT2D eigenvalue weighted by Crippen LogP contribution is -2.35. The molecule has 9 heteroatoms. The molecule has 0 radical (unpaired) electrons. The number of ketones is 1. The summed E-state index contributed by atoms with van der Waals surface area (Å²) in [5, 5.41) is 16.1. The molecule has 2 aromatic rings. The molecule has 168 valence electrons. The van der Waals surface area contributed by atoms with Gasteiger partial charge in [-0.25, -0.2) is 5.43 Å². The van der Waals surface area contributed by atoms with E-state index >= 15 is 0 Å². The van der Waals surface area contributed by atoms with Gasteiger partial charge in [-0.1, -0.05) is 12.1 Å². The number of anilines is 1. The Morgan fingerprint density at radius 2 is 1.69 bits per heavy atom. The number of hydrogen-bond donors (Lipinski definition) is 4. The van der Waals surface area contributed by atoms with Crippen LogP contribution in [0.1, 0.15) is 41.3 Å². The van der Waals surface area contributed by atoms with Crippen LogP contribution in [-0.4, -0.2) is 34.3 Å². The smallest absolute Gasteiger partial charge is 0.329 e. The first-order valence-electron chi connectivity index (χ1n) is 9.95. The van der Waals surface area contributed by atoms with E-state index in [1.807, 2.05) is 37.5 Å². The lowest BCUT2D eigenvalue weighted by Gasteiger charge is -2.15. The lowest BCUT2D eigenvalue weighted by atomic mass is 9.92. The number of benzene rings is 2. The van der Waals surface area contributed by atoms with Crippen LogP contribution in [0.3, 0.4) is 0 Å². The molecule has 0 aliphatic heterocycles. The number of hydrazone groups is 1. The van der Waals surface area contributed by atoms with E-state index in [0.717, 1.165) is 11.1 Å². The fourth-order valence-corrected chi connectivity index (χ4v) is 2.90. The molecule has 0 aliphatic carbocycles. The molecule has 0 fully saturated rings. The second-order valence-electron chi connectivity index (χ2n) is 7.41. The van der Waals surface area contributed by atoms with Crippen molar-refractivity contribution in [2.24, 2.45) is 16.8 Å². The maximum atomic E-state index is 12.8. The van der Waals surface area contributed by atoms with Gasteiger partial charge < -0.3 is 16.2 Å². The second-order valence-corrected chi connectivity index (χ2v) is 7.41. The number of phenols is 1. The van der Waals surface area contributed by atoms with E-state index in [2.05, 4.69) is 10.4 Å². The van der Waals surface area contributed by atoms with Gasteiger partial charge in [0, 0.05) is 23.4 Å². The first-order valence-corrected chi connectivity index (χ1v) is 9.95. The zero-order valence-corrected chi connectivity index (χ0v) is 18.1. The van der Waals surface area contributed by atoms with Crippen molar-refractivity contribution in [3.63, 3.8) is 0 Å². The number of Topliss-reactive ketones (excluding diaryl/α,β-unsaturated/α-hetero) is 1. The molecular weight excluding hydrogens is 412 g/mol. The fraction of sp³-hybridized carbons (Fsp3) is 0.261. The molecule has 0 aliphatic rings. The molecule has 1 atom stereocenters. The number of phenolic OH excluding ortho intramolecular Hbond substituents is 1. The molecule has 0 saturated heterocycles. The molecule has 2 aromatic carbocycles. The first-order chi connectivity index (χ1) is 15.1. The van der Waals surface area contributed by atoms with E-state index in [-0.39, 0.29) is 36.0 Å². The molecule has 1 unspecified atom stereocenters. The third-order valence-electron chi connectivity index (χ3n) is 4.85. The number of amides is 3. The summed E-state index contributed by atoms with van der Waals surface area (Å²) in [6, 6.07) is 11.4. The lowest BCUT2D eigenvalue weighted by molar-refractivity contribution is -0.137. The summed E-state index contributed by atoms with van der Waals surface area (Å²) in [5.41, 5.74) is 10.1. The maximum absolute atomic E-state index is 12.8. The molecule has 0 bridgehead atoms. The van der Waals surface area contributed by atoms with Gasteiger partial charge in [0.1, 0.15) is 5.75 Å². The van der Waals surface area contributed by atoms with Gasteiger partial charge in [-0.15, -0.1) is 0 Å². The van der Waals surface area contributed by atoms with Crippen molar-refractivity contribution in [2.75, 3.05) is 5.32 Å². The third kappa shape index (κ3) is 6.76. The number of hydrogen-bond acceptors (Lipinski definition) is 6. The maximum Gasteiger partial charge on any atom is 0.329 e. The number of aromatic hydroxyl groups is 1. The van der Waals surface area contributed by atoms with Gasteiger partial charge in [0.05, 0.1) is 5.92 Å². The van der Waals surface area contributed by atoms with Crippen LogP contribution in [0.25, 0.3) is 0 Å². The van der Waals surface area contributed by atoms with Gasteiger partial charge in [-0.3, -0.25) is 19.2 Å². The van der Waals surface area contributed by atoms with Crippen LogP contribution < -0.4 is 16.5 Å². The molecule has 2 rings (SSSR count). The summed E-state index contributed by atoms with van der Waals surface area (Å²) in [6.07, 6.45) is 0.0482. The Balaban J connectivity index is 2.16. The van der Waals surface area contributed by atoms with Crippen LogP contribution in [0.5, 0.6) is 5.75 Å². The van der Waals surface area contributed by atoms with Crippen molar-refractivity contribution in [3.05, 3.63) is 59.2 Å². The molecule has 5 N–H and O–H groups in total. The Bertz CT molecular complexity index is 1060. The summed E-state index contributed by atoms with van der Waals surface area (Å²) in [5.74, 6) is -3.77. The number of carbonyl (C=O) groups excluding carboxylic acids is 4. The van der Waals surface area contributed by atoms with E-state index in [0.29, 0.717) is 11.3 Å². The van der Waals surface area contributed by atoms with Crippen LogP contribution in [-0.2, 0) is 14.4 Å². The standard InChI is InChI=1S/C23H26N4O5/c1-13-4-5-14(2)19(12-13)25-20(29)11-10-18(26-27-23(32)22(24)31)15(3)21(30)16-6-8-17(28)9-7-16/h4-9,12,15,28H,10-11H2,1-3H3,(H2,24,31)(H,25,29)(H,27,32)/b26-18-. The minimum atomic E-state index is -1.22. The Kier molecular flexibility index (Phi) is 8.23. The Morgan fingerprint density at radius 1 is 1.03 bits per heavy atom. The van der Waals surface area contributed by atoms with E-state index < -0.39 is 17.7 Å². The molecule has 0 heterocycles. The van der Waals surface area contributed by atoms with Gasteiger partial charge in [0.15, 0.2) is 5.78 Å². The van der Waals surface area contributed by atoms with E-state index in [9.17, 15) is 24.3 Å². The molecule has 0 saturated carbocycles. The largest absolute Gasteiger partial charge is 0.508 e. The van der Waals surface area contributed by atoms with Gasteiger partial charge >= 0.3 is 11.8 Å². The first kappa shape index (κ1) is 24.3. The average Bonchev–Trinajstić information content (AvgIpc) is 2.75. The monoisotopic (exact) mass is 438 g/mol. The van der Waals surface area contributed by atoms with Crippen molar-refractivity contribution >= 4 is 34.9 Å². The minimum absolute atomic E-state index is 0.00808. The molecule has 0 aromatic heterocycles. The number of rotatable bonds is 8. The second kappa shape index (κ2) is 10.9. The highest BCUT2D eigenvalue weighted by Crippen LogP contribution is 2.19. The number of nitrogens with zero attached hydrogens (tertiary/aromatic N) is 1. The van der Waals surface area contributed by atoms with Crippen molar-refractivity contribution < 1.29 is 24.3 Å². The highest BCUT2D eigenvalue weighted by Gasteiger charge is 2.23. The van der Waals surface area contributed by atoms with E-state index in [1.54, 1.807) is 6.92 Å². The zero-order valence-electron chi connectivity index (χ0n) is 18.1. The Labute approximate surface area is 185 Å². The molecule has 9 nitrogen and oxygen atoms in total. The topological polar surface area (TPSA) is 151 Å². The van der Waals surface area contributed by atoms with Crippen LogP contribution in [0, 0.1) is 19.8 Å². The van der Waals surface area contributed by atoms with Gasteiger partial charge in [-0.05, 0) is 68.7 Å². The van der Waals surface area contributed by atoms with Crippen LogP contribution in [0.4, 0.5) is 5.69 Å². The summed E-state index contributed by atoms with van der Waals surface area (Å²) in [6.45, 7) is 5.37. The number of carbonyl (C=O) groups is 4. The van der Waals surface area contributed by atoms with Crippen LogP contribution in [0.2, 0.25) is 0 Å². The summed E-state index contributed by atoms with van der Waals surface area (Å²) < 4.78 is 0. The number of nitrogens with one attached hydrogen (secondary N) is 2. The normalized spacial score (nSPS) is 12.0. The van der Waals surface area contributed by atoms with E-state index in [1.165, 1.54) is 24.3 Å². The van der Waals surface area contributed by atoms with Crippen molar-refractivity contribution in [1.82, 2.24) is 5.43 Å². The Hall–Kier alpha value is -4.01. The van der Waals surface area contributed by atoms with Crippen LogP contribution >= 0.6 is 0 Å². The molecular formula is C23H26N4O5. The predicted molar refractivity (Wildman–Crippen MR) is 120 cm³/mol. The van der Waals surface area contributed by atoms with Crippen molar-refractivity contribution in [2.45, 2.75) is 33.6 Å². The van der Waals surface area contributed by atoms with Crippen LogP contribution in [0.15, 0.2) is 47.6 Å². The molecule has 0 spiro atoms. The highest BCUT2D eigenvalue weighted by molar-refractivity contribution is 6.34. The number of primary amides is 1. The number of nitrogens with two attached hydrogens (primary N) is 1. The predicted octanol–water partition coefficient (Wildman–Crippen LogP) is 2.20. The Morgan fingerprint density at radius 3 is 2.31 bits per heavy atom. The van der Waals surface area contributed by atoms with Gasteiger partial charge in [0.2, 0.25) is 5.91 Å². The van der Waals surface area contributed by atoms with Crippen molar-refractivity contribution in [1.29, 1.82) is 0 Å².